The van der Waals surface area contributed by atoms with Crippen LogP contribution in [0.4, 0.5) is 16.9 Å². The predicted octanol–water partition coefficient (Wildman–Crippen LogP) is 4.56. The third kappa shape index (κ3) is 4.28. The number of anilines is 3. The lowest BCUT2D eigenvalue weighted by atomic mass is 9.87. The van der Waals surface area contributed by atoms with Gasteiger partial charge in [-0.25, -0.2) is 14.8 Å². The normalized spacial score (nSPS) is 14.9. The van der Waals surface area contributed by atoms with E-state index in [1.165, 1.54) is 5.56 Å². The summed E-state index contributed by atoms with van der Waals surface area (Å²) in [6.07, 6.45) is 4.64. The molecule has 0 fully saturated rings. The molecule has 1 aliphatic carbocycles. The molecule has 0 radical (unpaired) electrons. The highest BCUT2D eigenvalue weighted by atomic mass is 32.1. The number of carbonyl (C=O) groups is 1. The van der Waals surface area contributed by atoms with Crippen LogP contribution in [0.3, 0.4) is 0 Å². The zero-order chi connectivity index (χ0) is 25.4. The van der Waals surface area contributed by atoms with Gasteiger partial charge in [0.1, 0.15) is 10.4 Å². The molecule has 36 heavy (non-hydrogen) atoms. The third-order valence-corrected chi connectivity index (χ3v) is 7.35. The van der Waals surface area contributed by atoms with E-state index >= 15 is 0 Å². The number of benzene rings is 1. The van der Waals surface area contributed by atoms with Gasteiger partial charge in [0.2, 0.25) is 5.95 Å². The number of carboxylic acid groups (broad SMARTS) is 1. The van der Waals surface area contributed by atoms with Crippen molar-refractivity contribution in [2.75, 3.05) is 24.9 Å². The highest BCUT2D eigenvalue weighted by Gasteiger charge is 2.25. The van der Waals surface area contributed by atoms with Gasteiger partial charge in [-0.15, -0.1) is 0 Å². The number of hydrogen-bond acceptors (Lipinski definition) is 10. The van der Waals surface area contributed by atoms with Crippen molar-refractivity contribution in [1.82, 2.24) is 24.5 Å². The van der Waals surface area contributed by atoms with Gasteiger partial charge in [-0.3, -0.25) is 5.32 Å². The molecular formula is C24H27N7O4S. The van der Waals surface area contributed by atoms with Gasteiger partial charge in [-0.2, -0.15) is 9.97 Å². The molecule has 0 saturated carbocycles. The number of ether oxygens (including phenoxy) is 2. The van der Waals surface area contributed by atoms with Crippen LogP contribution in [-0.4, -0.2) is 49.8 Å². The van der Waals surface area contributed by atoms with Gasteiger partial charge in [0, 0.05) is 6.54 Å². The molecule has 0 spiro atoms. The standard InChI is InChI=1S/C24H27N7O4S/c1-5-31-11-25-20-18(31)21(29-23(28-20)30-24-26-12(2)19(36-24)22(32)33)27-15-8-6-7-13-9-16(34-3)17(35-4)10-14(13)15/h9-11,15H,5-8H2,1-4H3,(H,32,33)(H2,26,27,28,29,30). The van der Waals surface area contributed by atoms with Gasteiger partial charge in [-0.1, -0.05) is 11.3 Å². The lowest BCUT2D eigenvalue weighted by Gasteiger charge is -2.28. The van der Waals surface area contributed by atoms with Crippen LogP contribution < -0.4 is 20.1 Å². The first kappa shape index (κ1) is 23.8. The van der Waals surface area contributed by atoms with Crippen LogP contribution in [0, 0.1) is 6.92 Å². The summed E-state index contributed by atoms with van der Waals surface area (Å²) in [7, 11) is 3.28. The number of imidazole rings is 1. The molecule has 188 valence electrons. The van der Waals surface area contributed by atoms with Gasteiger partial charge in [0.15, 0.2) is 28.1 Å². The number of nitrogens with zero attached hydrogens (tertiary/aromatic N) is 5. The van der Waals surface area contributed by atoms with Crippen molar-refractivity contribution in [2.45, 2.75) is 45.7 Å². The topological polar surface area (TPSA) is 136 Å². The molecule has 5 rings (SSSR count). The molecule has 3 heterocycles. The largest absolute Gasteiger partial charge is 0.493 e. The molecule has 1 aliphatic rings. The average Bonchev–Trinajstić information content (AvgIpc) is 3.46. The molecule has 4 aromatic rings. The number of carboxylic acids is 1. The number of hydrogen-bond donors (Lipinski definition) is 3. The Labute approximate surface area is 211 Å². The van der Waals surface area contributed by atoms with Crippen LogP contribution in [0.15, 0.2) is 18.5 Å². The summed E-state index contributed by atoms with van der Waals surface area (Å²) in [6.45, 7) is 4.41. The van der Waals surface area contributed by atoms with Gasteiger partial charge < -0.3 is 24.5 Å². The fraction of sp³-hybridized carbons (Fsp3) is 0.375. The Morgan fingerprint density at radius 3 is 2.69 bits per heavy atom. The molecule has 3 N–H and O–H groups in total. The van der Waals surface area contributed by atoms with Crippen molar-refractivity contribution in [1.29, 1.82) is 0 Å². The highest BCUT2D eigenvalue weighted by molar-refractivity contribution is 7.17. The summed E-state index contributed by atoms with van der Waals surface area (Å²) < 4.78 is 13.1. The number of methoxy groups -OCH3 is 2. The molecule has 0 amide bonds. The van der Waals surface area contributed by atoms with Gasteiger partial charge >= 0.3 is 5.97 Å². The first-order valence-corrected chi connectivity index (χ1v) is 12.4. The molecule has 11 nitrogen and oxygen atoms in total. The first-order valence-electron chi connectivity index (χ1n) is 11.6. The maximum Gasteiger partial charge on any atom is 0.347 e. The summed E-state index contributed by atoms with van der Waals surface area (Å²) in [6, 6.07) is 4.08. The molecule has 1 atom stereocenters. The van der Waals surface area contributed by atoms with E-state index in [1.807, 2.05) is 23.6 Å². The van der Waals surface area contributed by atoms with Gasteiger partial charge in [0.05, 0.1) is 32.3 Å². The average molecular weight is 510 g/mol. The Hall–Kier alpha value is -3.93. The summed E-state index contributed by atoms with van der Waals surface area (Å²) in [4.78, 5) is 29.7. The Balaban J connectivity index is 1.54. The van der Waals surface area contributed by atoms with E-state index in [0.717, 1.165) is 47.4 Å². The van der Waals surface area contributed by atoms with Crippen LogP contribution in [0.2, 0.25) is 0 Å². The smallest absolute Gasteiger partial charge is 0.347 e. The van der Waals surface area contributed by atoms with Crippen molar-refractivity contribution >= 4 is 45.4 Å². The first-order chi connectivity index (χ1) is 17.4. The molecule has 0 bridgehead atoms. The van der Waals surface area contributed by atoms with E-state index in [-0.39, 0.29) is 10.9 Å². The molecule has 0 saturated heterocycles. The maximum absolute atomic E-state index is 11.4. The number of aromatic carboxylic acids is 1. The summed E-state index contributed by atoms with van der Waals surface area (Å²) in [5, 5.41) is 16.5. The summed E-state index contributed by atoms with van der Waals surface area (Å²) in [5.74, 6) is 1.33. The minimum atomic E-state index is -1.01. The van der Waals surface area contributed by atoms with Crippen molar-refractivity contribution in [3.05, 3.63) is 40.2 Å². The Bertz CT molecular complexity index is 1450. The molecule has 3 aromatic heterocycles. The minimum Gasteiger partial charge on any atom is -0.493 e. The van der Waals surface area contributed by atoms with E-state index in [9.17, 15) is 9.90 Å². The van der Waals surface area contributed by atoms with Crippen molar-refractivity contribution in [3.63, 3.8) is 0 Å². The Kier molecular flexibility index (Phi) is 6.35. The zero-order valence-corrected chi connectivity index (χ0v) is 21.3. The summed E-state index contributed by atoms with van der Waals surface area (Å²) >= 11 is 1.04. The third-order valence-electron chi connectivity index (χ3n) is 6.29. The van der Waals surface area contributed by atoms with Crippen molar-refractivity contribution < 1.29 is 19.4 Å². The lowest BCUT2D eigenvalue weighted by Crippen LogP contribution is -2.19. The van der Waals surface area contributed by atoms with Crippen LogP contribution in [0.25, 0.3) is 11.2 Å². The van der Waals surface area contributed by atoms with E-state index in [1.54, 1.807) is 27.5 Å². The lowest BCUT2D eigenvalue weighted by molar-refractivity contribution is 0.0701. The fourth-order valence-corrected chi connectivity index (χ4v) is 5.36. The summed E-state index contributed by atoms with van der Waals surface area (Å²) in [5.41, 5.74) is 4.13. The van der Waals surface area contributed by atoms with Crippen molar-refractivity contribution in [3.8, 4) is 11.5 Å². The quantitative estimate of drug-likeness (QED) is 0.310. The van der Waals surface area contributed by atoms with E-state index in [4.69, 9.17) is 14.5 Å². The number of rotatable bonds is 8. The van der Waals surface area contributed by atoms with Crippen LogP contribution in [0.1, 0.15) is 52.3 Å². The number of fused-ring (bicyclic) bond motifs is 2. The van der Waals surface area contributed by atoms with Crippen LogP contribution >= 0.6 is 11.3 Å². The predicted molar refractivity (Wildman–Crippen MR) is 137 cm³/mol. The van der Waals surface area contributed by atoms with Gasteiger partial charge in [-0.05, 0) is 56.4 Å². The van der Waals surface area contributed by atoms with E-state index in [2.05, 4.69) is 25.6 Å². The maximum atomic E-state index is 11.4. The number of nitrogens with one attached hydrogen (secondary N) is 2. The Morgan fingerprint density at radius 1 is 1.22 bits per heavy atom. The number of aryl methyl sites for hydroxylation is 3. The van der Waals surface area contributed by atoms with Crippen molar-refractivity contribution in [2.24, 2.45) is 0 Å². The molecule has 12 heteroatoms. The molecular weight excluding hydrogens is 482 g/mol. The van der Waals surface area contributed by atoms with Crippen LogP contribution in [-0.2, 0) is 13.0 Å². The molecule has 1 unspecified atom stereocenters. The second-order valence-electron chi connectivity index (χ2n) is 8.46. The SMILES string of the molecule is CCn1cnc2nc(Nc3nc(C)c(C(=O)O)s3)nc(NC3CCCc4cc(OC)c(OC)cc43)c21. The molecule has 0 aliphatic heterocycles. The Morgan fingerprint density at radius 2 is 2.00 bits per heavy atom. The molecule has 1 aromatic carbocycles. The highest BCUT2D eigenvalue weighted by Crippen LogP contribution is 2.40. The number of aromatic nitrogens is 5. The minimum absolute atomic E-state index is 0.000400. The second kappa shape index (κ2) is 9.61. The monoisotopic (exact) mass is 509 g/mol. The van der Waals surface area contributed by atoms with Crippen LogP contribution in [0.5, 0.6) is 11.5 Å². The van der Waals surface area contributed by atoms with E-state index < -0.39 is 5.97 Å². The van der Waals surface area contributed by atoms with E-state index in [0.29, 0.717) is 40.5 Å². The zero-order valence-electron chi connectivity index (χ0n) is 20.5. The van der Waals surface area contributed by atoms with Gasteiger partial charge in [0.25, 0.3) is 0 Å². The fourth-order valence-electron chi connectivity index (χ4n) is 4.56. The number of thiazole rings is 1. The second-order valence-corrected chi connectivity index (χ2v) is 9.46.